The van der Waals surface area contributed by atoms with Gasteiger partial charge in [-0.15, -0.1) is 0 Å². The number of aromatic amines is 1. The van der Waals surface area contributed by atoms with Gasteiger partial charge >= 0.3 is 15.6 Å². The number of carbonyl (C=O) groups excluding carboxylic acids is 1. The molecule has 2 heterocycles. The third-order valence-electron chi connectivity index (χ3n) is 3.64. The number of methoxy groups -OCH3 is 1. The third-order valence-corrected chi connectivity index (χ3v) is 4.60. The van der Waals surface area contributed by atoms with Crippen LogP contribution in [-0.2, 0) is 16.5 Å². The number of ketones is 1. The van der Waals surface area contributed by atoms with E-state index in [2.05, 4.69) is 14.2 Å². The van der Waals surface area contributed by atoms with E-state index in [4.69, 9.17) is 4.74 Å². The zero-order chi connectivity index (χ0) is 22.0. The Kier molecular flexibility index (Phi) is 6.36. The lowest BCUT2D eigenvalue weighted by atomic mass is 10.0. The highest BCUT2D eigenvalue weighted by Crippen LogP contribution is 2.32. The number of pyridine rings is 2. The Bertz CT molecular complexity index is 1080. The van der Waals surface area contributed by atoms with Crippen LogP contribution in [0.15, 0.2) is 29.3 Å². The maximum atomic E-state index is 12.8. The summed E-state index contributed by atoms with van der Waals surface area (Å²) >= 11 is 0. The SMILES string of the molecule is COc1c[nH]c(C(=O)c2ccnc(CC(C)C)c2OS(=O)(=O)C(F)(F)F)cc1=O. The molecular formula is C17H17F3N2O6S. The van der Waals surface area contributed by atoms with Crippen molar-refractivity contribution in [2.75, 3.05) is 7.11 Å². The van der Waals surface area contributed by atoms with Crippen LogP contribution in [-0.4, -0.2) is 36.8 Å². The summed E-state index contributed by atoms with van der Waals surface area (Å²) in [6.45, 7) is 3.44. The van der Waals surface area contributed by atoms with E-state index in [9.17, 15) is 31.2 Å². The number of H-pyrrole nitrogens is 1. The van der Waals surface area contributed by atoms with Gasteiger partial charge in [0.25, 0.3) is 0 Å². The molecule has 0 aliphatic carbocycles. The monoisotopic (exact) mass is 434 g/mol. The largest absolute Gasteiger partial charge is 0.534 e. The zero-order valence-corrected chi connectivity index (χ0v) is 16.3. The normalized spacial score (nSPS) is 12.1. The number of nitrogens with zero attached hydrogens (tertiary/aromatic N) is 1. The van der Waals surface area contributed by atoms with Crippen molar-refractivity contribution in [3.8, 4) is 11.5 Å². The first-order chi connectivity index (χ1) is 13.4. The van der Waals surface area contributed by atoms with E-state index in [-0.39, 0.29) is 29.5 Å². The zero-order valence-electron chi connectivity index (χ0n) is 15.5. The second kappa shape index (κ2) is 8.23. The second-order valence-corrected chi connectivity index (χ2v) is 7.86. The molecule has 0 bridgehead atoms. The summed E-state index contributed by atoms with van der Waals surface area (Å²) in [6, 6.07) is 1.89. The first kappa shape index (κ1) is 22.4. The summed E-state index contributed by atoms with van der Waals surface area (Å²) in [6.07, 6.45) is 2.28. The van der Waals surface area contributed by atoms with Gasteiger partial charge in [-0.3, -0.25) is 14.6 Å². The predicted molar refractivity (Wildman–Crippen MR) is 95.4 cm³/mol. The van der Waals surface area contributed by atoms with Crippen LogP contribution in [0.2, 0.25) is 0 Å². The summed E-state index contributed by atoms with van der Waals surface area (Å²) in [5.74, 6) is -2.01. The summed E-state index contributed by atoms with van der Waals surface area (Å²) < 4.78 is 70.6. The molecule has 8 nitrogen and oxygen atoms in total. The maximum absolute atomic E-state index is 12.8. The lowest BCUT2D eigenvalue weighted by Gasteiger charge is -2.16. The van der Waals surface area contributed by atoms with Crippen LogP contribution >= 0.6 is 0 Å². The number of aromatic nitrogens is 2. The number of hydrogen-bond donors (Lipinski definition) is 1. The first-order valence-electron chi connectivity index (χ1n) is 8.17. The van der Waals surface area contributed by atoms with Crippen molar-refractivity contribution in [3.05, 3.63) is 51.7 Å². The van der Waals surface area contributed by atoms with Gasteiger partial charge in [0.2, 0.25) is 11.2 Å². The maximum Gasteiger partial charge on any atom is 0.534 e. The Labute approximate surface area is 163 Å². The van der Waals surface area contributed by atoms with E-state index in [1.165, 1.54) is 7.11 Å². The Hall–Kier alpha value is -2.89. The van der Waals surface area contributed by atoms with E-state index in [1.54, 1.807) is 13.8 Å². The average Bonchev–Trinajstić information content (AvgIpc) is 2.61. The first-order valence-corrected chi connectivity index (χ1v) is 9.58. The lowest BCUT2D eigenvalue weighted by molar-refractivity contribution is -0.0500. The van der Waals surface area contributed by atoms with Crippen LogP contribution in [0, 0.1) is 5.92 Å². The smallest absolute Gasteiger partial charge is 0.491 e. The molecule has 0 unspecified atom stereocenters. The molecule has 12 heteroatoms. The van der Waals surface area contributed by atoms with Crippen LogP contribution in [0.3, 0.4) is 0 Å². The van der Waals surface area contributed by atoms with Gasteiger partial charge in [-0.05, 0) is 18.4 Å². The topological polar surface area (TPSA) is 115 Å². The van der Waals surface area contributed by atoms with E-state index in [0.717, 1.165) is 24.5 Å². The fourth-order valence-corrected chi connectivity index (χ4v) is 2.85. The average molecular weight is 434 g/mol. The molecule has 0 spiro atoms. The lowest BCUT2D eigenvalue weighted by Crippen LogP contribution is -2.29. The number of halogens is 3. The third kappa shape index (κ3) is 4.94. The van der Waals surface area contributed by atoms with Crippen molar-refractivity contribution in [1.82, 2.24) is 9.97 Å². The standard InChI is InChI=1S/C17H17F3N2O6S/c1-9(2)6-12-16(28-29(25,26)17(18,19)20)10(4-5-21-12)15(24)11-7-13(23)14(27-3)8-22-11/h4-5,7-9H,6H2,1-3H3,(H,22,23). The highest BCUT2D eigenvalue weighted by molar-refractivity contribution is 7.88. The Morgan fingerprint density at radius 3 is 2.48 bits per heavy atom. The molecule has 158 valence electrons. The van der Waals surface area contributed by atoms with Crippen molar-refractivity contribution in [2.24, 2.45) is 5.92 Å². The minimum Gasteiger partial charge on any atom is -0.491 e. The molecule has 0 aromatic carbocycles. The molecule has 0 amide bonds. The summed E-state index contributed by atoms with van der Waals surface area (Å²) in [5.41, 5.74) is -7.30. The molecule has 1 N–H and O–H groups in total. The molecule has 2 aromatic heterocycles. The number of ether oxygens (including phenoxy) is 1. The van der Waals surface area contributed by atoms with Crippen molar-refractivity contribution >= 4 is 15.9 Å². The van der Waals surface area contributed by atoms with Gasteiger partial charge < -0.3 is 13.9 Å². The predicted octanol–water partition coefficient (Wildman–Crippen LogP) is 2.44. The quantitative estimate of drug-likeness (QED) is 0.404. The summed E-state index contributed by atoms with van der Waals surface area (Å²) in [7, 11) is -4.81. The van der Waals surface area contributed by atoms with Crippen molar-refractivity contribution < 1.29 is 35.3 Å². The van der Waals surface area contributed by atoms with E-state index < -0.39 is 38.2 Å². The van der Waals surface area contributed by atoms with E-state index >= 15 is 0 Å². The Morgan fingerprint density at radius 2 is 1.97 bits per heavy atom. The fraction of sp³-hybridized carbons (Fsp3) is 0.353. The molecule has 29 heavy (non-hydrogen) atoms. The number of carbonyl (C=O) groups is 1. The number of alkyl halides is 3. The Balaban J connectivity index is 2.63. The molecule has 0 radical (unpaired) electrons. The number of rotatable bonds is 7. The fourth-order valence-electron chi connectivity index (χ4n) is 2.35. The van der Waals surface area contributed by atoms with Crippen molar-refractivity contribution in [3.63, 3.8) is 0 Å². The van der Waals surface area contributed by atoms with Gasteiger partial charge in [0.1, 0.15) is 0 Å². The van der Waals surface area contributed by atoms with Crippen LogP contribution in [0.4, 0.5) is 13.2 Å². The Morgan fingerprint density at radius 1 is 1.31 bits per heavy atom. The van der Waals surface area contributed by atoms with Gasteiger partial charge in [-0.2, -0.15) is 21.6 Å². The van der Waals surface area contributed by atoms with Crippen LogP contribution in [0.5, 0.6) is 11.5 Å². The molecule has 0 saturated carbocycles. The number of nitrogens with one attached hydrogen (secondary N) is 1. The molecule has 0 atom stereocenters. The molecule has 2 aromatic rings. The van der Waals surface area contributed by atoms with Gasteiger partial charge in [-0.25, -0.2) is 0 Å². The van der Waals surface area contributed by atoms with Crippen LogP contribution < -0.4 is 14.3 Å². The van der Waals surface area contributed by atoms with Crippen molar-refractivity contribution in [1.29, 1.82) is 0 Å². The molecule has 2 rings (SSSR count). The highest BCUT2D eigenvalue weighted by Gasteiger charge is 2.49. The van der Waals surface area contributed by atoms with Crippen molar-refractivity contribution in [2.45, 2.75) is 25.8 Å². The molecule has 0 fully saturated rings. The summed E-state index contributed by atoms with van der Waals surface area (Å²) in [5, 5.41) is 0. The second-order valence-electron chi connectivity index (χ2n) is 6.32. The van der Waals surface area contributed by atoms with Gasteiger partial charge in [0, 0.05) is 18.5 Å². The highest BCUT2D eigenvalue weighted by atomic mass is 32.2. The molecule has 0 aliphatic rings. The minimum absolute atomic E-state index is 0.0446. The molecule has 0 saturated heterocycles. The van der Waals surface area contributed by atoms with Gasteiger partial charge in [0.15, 0.2) is 11.5 Å². The van der Waals surface area contributed by atoms with Gasteiger partial charge in [0.05, 0.1) is 24.1 Å². The molecule has 0 aliphatic heterocycles. The minimum atomic E-state index is -6.05. The van der Waals surface area contributed by atoms with Gasteiger partial charge in [-0.1, -0.05) is 13.8 Å². The van der Waals surface area contributed by atoms with Crippen LogP contribution in [0.1, 0.15) is 35.6 Å². The van der Waals surface area contributed by atoms with E-state index in [1.807, 2.05) is 0 Å². The van der Waals surface area contributed by atoms with Crippen LogP contribution in [0.25, 0.3) is 0 Å². The summed E-state index contributed by atoms with van der Waals surface area (Å²) in [4.78, 5) is 31.0. The number of hydrogen-bond acceptors (Lipinski definition) is 7. The molecular weight excluding hydrogens is 417 g/mol. The van der Waals surface area contributed by atoms with E-state index in [0.29, 0.717) is 0 Å².